The fraction of sp³-hybridized carbons (Fsp3) is 0.0833. The molecule has 8 heteroatoms. The van der Waals surface area contributed by atoms with Crippen molar-refractivity contribution in [2.45, 2.75) is 17.8 Å². The third-order valence-corrected chi connectivity index (χ3v) is 5.91. The van der Waals surface area contributed by atoms with Gasteiger partial charge in [0, 0.05) is 5.56 Å². The Bertz CT molecular complexity index is 1480. The first-order valence-electron chi connectivity index (χ1n) is 9.89. The molecule has 3 aromatic carbocycles. The summed E-state index contributed by atoms with van der Waals surface area (Å²) < 4.78 is 21.1. The molecule has 6 nitrogen and oxygen atoms in total. The average molecular weight is 444 g/mol. The number of para-hydroxylation sites is 1. The molecule has 0 aliphatic rings. The molecule has 0 atom stereocenters. The van der Waals surface area contributed by atoms with Crippen molar-refractivity contribution in [1.29, 1.82) is 0 Å². The average Bonchev–Trinajstić information content (AvgIpc) is 3.30. The molecule has 158 valence electrons. The second kappa shape index (κ2) is 8.39. The number of nitrogens with zero attached hydrogens (tertiary/aromatic N) is 4. The molecule has 0 N–H and O–H groups in total. The van der Waals surface area contributed by atoms with Crippen molar-refractivity contribution in [3.8, 4) is 17.1 Å². The molecule has 0 unspecified atom stereocenters. The minimum atomic E-state index is -0.386. The summed E-state index contributed by atoms with van der Waals surface area (Å²) >= 11 is 1.28. The van der Waals surface area contributed by atoms with Crippen LogP contribution in [0.3, 0.4) is 0 Å². The predicted molar refractivity (Wildman–Crippen MR) is 121 cm³/mol. The van der Waals surface area contributed by atoms with Gasteiger partial charge in [-0.1, -0.05) is 65.4 Å². The summed E-state index contributed by atoms with van der Waals surface area (Å²) in [5.41, 5.74) is 2.07. The van der Waals surface area contributed by atoms with Crippen molar-refractivity contribution in [3.63, 3.8) is 0 Å². The molecule has 0 aliphatic heterocycles. The second-order valence-electron chi connectivity index (χ2n) is 7.15. The van der Waals surface area contributed by atoms with Gasteiger partial charge in [0.05, 0.1) is 22.3 Å². The van der Waals surface area contributed by atoms with Crippen LogP contribution in [0.15, 0.2) is 87.3 Å². The van der Waals surface area contributed by atoms with Gasteiger partial charge in [0.1, 0.15) is 5.82 Å². The predicted octanol–water partition coefficient (Wildman–Crippen LogP) is 5.18. The minimum absolute atomic E-state index is 0.267. The van der Waals surface area contributed by atoms with E-state index in [1.165, 1.54) is 22.4 Å². The number of hydrogen-bond donors (Lipinski definition) is 0. The molecule has 2 aromatic heterocycles. The number of aromatic nitrogens is 4. The summed E-state index contributed by atoms with van der Waals surface area (Å²) in [4.78, 5) is 22.4. The fourth-order valence-electron chi connectivity index (χ4n) is 3.30. The van der Waals surface area contributed by atoms with E-state index in [4.69, 9.17) is 4.52 Å². The van der Waals surface area contributed by atoms with E-state index in [0.29, 0.717) is 44.8 Å². The van der Waals surface area contributed by atoms with Crippen LogP contribution in [0.1, 0.15) is 11.5 Å². The number of benzene rings is 3. The Kier molecular flexibility index (Phi) is 5.28. The highest BCUT2D eigenvalue weighted by Gasteiger charge is 2.16. The van der Waals surface area contributed by atoms with Gasteiger partial charge in [-0.05, 0) is 36.8 Å². The molecule has 0 amide bonds. The number of halogens is 1. The van der Waals surface area contributed by atoms with E-state index < -0.39 is 0 Å². The van der Waals surface area contributed by atoms with E-state index in [2.05, 4.69) is 15.1 Å². The zero-order valence-corrected chi connectivity index (χ0v) is 17.8. The third-order valence-electron chi connectivity index (χ3n) is 4.98. The maximum atomic E-state index is 14.3. The van der Waals surface area contributed by atoms with Crippen LogP contribution in [0, 0.1) is 12.7 Å². The SMILES string of the molecule is Cc1ccc(-n2c(SCc3nc(-c4ccccc4)no3)nc3ccccc3c2=O)cc1F. The van der Waals surface area contributed by atoms with Gasteiger partial charge >= 0.3 is 0 Å². The van der Waals surface area contributed by atoms with Crippen LogP contribution in [0.25, 0.3) is 28.0 Å². The quantitative estimate of drug-likeness (QED) is 0.275. The monoisotopic (exact) mass is 444 g/mol. The van der Waals surface area contributed by atoms with Crippen molar-refractivity contribution >= 4 is 22.7 Å². The maximum Gasteiger partial charge on any atom is 0.266 e. The molecule has 5 rings (SSSR count). The summed E-state index contributed by atoms with van der Waals surface area (Å²) in [6.07, 6.45) is 0. The van der Waals surface area contributed by atoms with Crippen LogP contribution in [0.4, 0.5) is 4.39 Å². The highest BCUT2D eigenvalue weighted by atomic mass is 32.2. The molecule has 32 heavy (non-hydrogen) atoms. The van der Waals surface area contributed by atoms with Crippen molar-refractivity contribution in [1.82, 2.24) is 19.7 Å². The van der Waals surface area contributed by atoms with E-state index in [1.807, 2.05) is 36.4 Å². The summed E-state index contributed by atoms with van der Waals surface area (Å²) in [5.74, 6) is 0.811. The van der Waals surface area contributed by atoms with Crippen LogP contribution in [0.5, 0.6) is 0 Å². The van der Waals surface area contributed by atoms with E-state index in [1.54, 1.807) is 37.3 Å². The smallest absolute Gasteiger partial charge is 0.266 e. The second-order valence-corrected chi connectivity index (χ2v) is 8.09. The van der Waals surface area contributed by atoms with E-state index in [-0.39, 0.29) is 11.4 Å². The molecule has 0 bridgehead atoms. The molecular formula is C24H17FN4O2S. The third kappa shape index (κ3) is 3.80. The molecule has 0 spiro atoms. The summed E-state index contributed by atoms with van der Waals surface area (Å²) in [5, 5.41) is 4.90. The standard InChI is InChI=1S/C24H17FN4O2S/c1-15-11-12-17(13-19(15)25)29-23(30)18-9-5-6-10-20(18)26-24(29)32-14-21-27-22(28-31-21)16-7-3-2-4-8-16/h2-13H,14H2,1H3. The topological polar surface area (TPSA) is 73.8 Å². The molecule has 0 radical (unpaired) electrons. The Labute approximate surface area is 186 Å². The van der Waals surface area contributed by atoms with Crippen LogP contribution < -0.4 is 5.56 Å². The van der Waals surface area contributed by atoms with Crippen molar-refractivity contribution < 1.29 is 8.91 Å². The number of fused-ring (bicyclic) bond motifs is 1. The summed E-state index contributed by atoms with van der Waals surface area (Å²) in [6.45, 7) is 1.68. The number of thioether (sulfide) groups is 1. The Morgan fingerprint density at radius 1 is 1.00 bits per heavy atom. The van der Waals surface area contributed by atoms with Crippen LogP contribution >= 0.6 is 11.8 Å². The zero-order chi connectivity index (χ0) is 22.1. The van der Waals surface area contributed by atoms with Gasteiger partial charge < -0.3 is 4.52 Å². The lowest BCUT2D eigenvalue weighted by Crippen LogP contribution is -2.22. The van der Waals surface area contributed by atoms with Crippen molar-refractivity contribution in [2.75, 3.05) is 0 Å². The molecule has 0 saturated heterocycles. The normalized spacial score (nSPS) is 11.2. The van der Waals surface area contributed by atoms with E-state index >= 15 is 0 Å². The van der Waals surface area contributed by atoms with Crippen LogP contribution in [-0.2, 0) is 5.75 Å². The highest BCUT2D eigenvalue weighted by molar-refractivity contribution is 7.98. The van der Waals surface area contributed by atoms with Gasteiger partial charge in [0.25, 0.3) is 5.56 Å². The molecule has 0 fully saturated rings. The van der Waals surface area contributed by atoms with Gasteiger partial charge in [-0.2, -0.15) is 4.98 Å². The van der Waals surface area contributed by atoms with E-state index in [9.17, 15) is 9.18 Å². The minimum Gasteiger partial charge on any atom is -0.338 e. The summed E-state index contributed by atoms with van der Waals surface area (Å²) in [7, 11) is 0. The Morgan fingerprint density at radius 3 is 2.59 bits per heavy atom. The first-order valence-corrected chi connectivity index (χ1v) is 10.9. The maximum absolute atomic E-state index is 14.3. The van der Waals surface area contributed by atoms with Crippen molar-refractivity contribution in [2.24, 2.45) is 0 Å². The fourth-order valence-corrected chi connectivity index (χ4v) is 4.15. The Morgan fingerprint density at radius 2 is 1.78 bits per heavy atom. The number of rotatable bonds is 5. The lowest BCUT2D eigenvalue weighted by atomic mass is 10.2. The molecular weight excluding hydrogens is 427 g/mol. The summed E-state index contributed by atoms with van der Waals surface area (Å²) in [6, 6.07) is 21.3. The van der Waals surface area contributed by atoms with Gasteiger partial charge in [-0.25, -0.2) is 9.37 Å². The Balaban J connectivity index is 1.54. The van der Waals surface area contributed by atoms with E-state index in [0.717, 1.165) is 5.56 Å². The van der Waals surface area contributed by atoms with Crippen molar-refractivity contribution in [3.05, 3.63) is 100 Å². The number of hydrogen-bond acceptors (Lipinski definition) is 6. The first-order chi connectivity index (χ1) is 15.6. The molecule has 0 aliphatic carbocycles. The first kappa shape index (κ1) is 20.1. The van der Waals surface area contributed by atoms with Gasteiger partial charge in [0.2, 0.25) is 11.7 Å². The Hall–Kier alpha value is -3.78. The molecule has 2 heterocycles. The van der Waals surface area contributed by atoms with Gasteiger partial charge in [0.15, 0.2) is 5.16 Å². The molecule has 5 aromatic rings. The van der Waals surface area contributed by atoms with Crippen LogP contribution in [0.2, 0.25) is 0 Å². The molecule has 0 saturated carbocycles. The number of aryl methyl sites for hydroxylation is 1. The van der Waals surface area contributed by atoms with Crippen LogP contribution in [-0.4, -0.2) is 19.7 Å². The van der Waals surface area contributed by atoms with Gasteiger partial charge in [-0.15, -0.1) is 0 Å². The largest absolute Gasteiger partial charge is 0.338 e. The van der Waals surface area contributed by atoms with Gasteiger partial charge in [-0.3, -0.25) is 9.36 Å². The lowest BCUT2D eigenvalue weighted by molar-refractivity contribution is 0.391. The highest BCUT2D eigenvalue weighted by Crippen LogP contribution is 2.26. The zero-order valence-electron chi connectivity index (χ0n) is 17.0. The lowest BCUT2D eigenvalue weighted by Gasteiger charge is -2.13.